The number of hydrogen-bond acceptors (Lipinski definition) is 4. The van der Waals surface area contributed by atoms with Gasteiger partial charge < -0.3 is 14.3 Å². The number of carbonyl (C=O) groups is 1. The summed E-state index contributed by atoms with van der Waals surface area (Å²) in [6, 6.07) is 5.72. The summed E-state index contributed by atoms with van der Waals surface area (Å²) in [4.78, 5) is 13.4. The highest BCUT2D eigenvalue weighted by molar-refractivity contribution is 5.56. The second-order valence-electron chi connectivity index (χ2n) is 4.46. The molecule has 1 saturated heterocycles. The van der Waals surface area contributed by atoms with Gasteiger partial charge in [0.15, 0.2) is 6.29 Å². The summed E-state index contributed by atoms with van der Waals surface area (Å²) in [5.41, 5.74) is 0. The minimum Gasteiger partial charge on any atom is -0.350 e. The van der Waals surface area contributed by atoms with Gasteiger partial charge in [0.05, 0.1) is 13.2 Å². The highest BCUT2D eigenvalue weighted by Gasteiger charge is 2.18. The number of pyridine rings is 1. The van der Waals surface area contributed by atoms with Crippen molar-refractivity contribution >= 4 is 6.29 Å². The van der Waals surface area contributed by atoms with Gasteiger partial charge in [-0.3, -0.25) is 4.98 Å². The number of nitrogens with zero attached hydrogens (tertiary/aromatic N) is 1. The molecule has 2 aliphatic rings. The van der Waals surface area contributed by atoms with Crippen LogP contribution in [0, 0.1) is 5.92 Å². The van der Waals surface area contributed by atoms with Gasteiger partial charge in [-0.15, -0.1) is 0 Å². The van der Waals surface area contributed by atoms with Crippen LogP contribution < -0.4 is 0 Å². The maximum Gasteiger partial charge on any atom is 0.157 e. The molecule has 0 aromatic carbocycles. The van der Waals surface area contributed by atoms with Crippen molar-refractivity contribution in [1.82, 2.24) is 4.98 Å². The highest BCUT2D eigenvalue weighted by atomic mass is 16.7. The van der Waals surface area contributed by atoms with Gasteiger partial charge in [0.25, 0.3) is 0 Å². The molecule has 0 spiro atoms. The lowest BCUT2D eigenvalue weighted by Gasteiger charge is -2.04. The largest absolute Gasteiger partial charge is 0.350 e. The van der Waals surface area contributed by atoms with Gasteiger partial charge in [-0.2, -0.15) is 0 Å². The molecule has 19 heavy (non-hydrogen) atoms. The lowest BCUT2D eigenvalue weighted by atomic mass is 10.3. The van der Waals surface area contributed by atoms with E-state index in [1.807, 2.05) is 18.2 Å². The van der Waals surface area contributed by atoms with Gasteiger partial charge >= 0.3 is 0 Å². The maximum atomic E-state index is 9.57. The Morgan fingerprint density at radius 3 is 2.05 bits per heavy atom. The summed E-state index contributed by atoms with van der Waals surface area (Å²) in [7, 11) is 0. The van der Waals surface area contributed by atoms with Crippen molar-refractivity contribution in [2.75, 3.05) is 13.2 Å². The molecule has 2 heterocycles. The zero-order chi connectivity index (χ0) is 13.8. The second-order valence-corrected chi connectivity index (χ2v) is 4.46. The molecule has 1 aliphatic heterocycles. The minimum atomic E-state index is 0.111. The lowest BCUT2D eigenvalue weighted by Crippen LogP contribution is -2.05. The zero-order valence-electron chi connectivity index (χ0n) is 11.5. The third kappa shape index (κ3) is 9.33. The van der Waals surface area contributed by atoms with E-state index in [-0.39, 0.29) is 6.29 Å². The predicted molar refractivity (Wildman–Crippen MR) is 73.6 cm³/mol. The Hall–Kier alpha value is -1.26. The van der Waals surface area contributed by atoms with Crippen LogP contribution in [0.1, 0.15) is 32.6 Å². The number of ether oxygens (including phenoxy) is 2. The number of aldehydes is 1. The van der Waals surface area contributed by atoms with E-state index in [1.165, 1.54) is 0 Å². The van der Waals surface area contributed by atoms with Gasteiger partial charge in [0, 0.05) is 18.3 Å². The highest BCUT2D eigenvalue weighted by Crippen LogP contribution is 2.25. The van der Waals surface area contributed by atoms with Crippen molar-refractivity contribution in [3.63, 3.8) is 0 Å². The molecule has 0 N–H and O–H groups in total. The molecule has 106 valence electrons. The molecular weight excluding hydrogens is 242 g/mol. The van der Waals surface area contributed by atoms with Gasteiger partial charge in [0.1, 0.15) is 6.29 Å². The Morgan fingerprint density at radius 2 is 1.79 bits per heavy atom. The SMILES string of the molecule is CCCC1OCCO1.O=CC1CC1.c1ccncc1. The van der Waals surface area contributed by atoms with Gasteiger partial charge in [-0.05, 0) is 31.4 Å². The van der Waals surface area contributed by atoms with Crippen LogP contribution >= 0.6 is 0 Å². The average molecular weight is 265 g/mol. The molecule has 2 fully saturated rings. The minimum absolute atomic E-state index is 0.111. The van der Waals surface area contributed by atoms with E-state index in [2.05, 4.69) is 11.9 Å². The third-order valence-electron chi connectivity index (χ3n) is 2.60. The van der Waals surface area contributed by atoms with Crippen molar-refractivity contribution < 1.29 is 14.3 Å². The number of carbonyl (C=O) groups excluding carboxylic acids is 1. The summed E-state index contributed by atoms with van der Waals surface area (Å²) < 4.78 is 10.3. The lowest BCUT2D eigenvalue weighted by molar-refractivity contribution is -0.108. The summed E-state index contributed by atoms with van der Waals surface area (Å²) >= 11 is 0. The molecule has 0 amide bonds. The molecule has 1 aromatic rings. The van der Waals surface area contributed by atoms with Gasteiger partial charge in [0.2, 0.25) is 0 Å². The molecule has 4 heteroatoms. The van der Waals surface area contributed by atoms with Crippen LogP contribution in [0.4, 0.5) is 0 Å². The number of aromatic nitrogens is 1. The fraction of sp³-hybridized carbons (Fsp3) is 0.600. The van der Waals surface area contributed by atoms with E-state index in [0.717, 1.165) is 45.2 Å². The average Bonchev–Trinajstić information content (AvgIpc) is 3.20. The molecule has 0 bridgehead atoms. The van der Waals surface area contributed by atoms with Crippen molar-refractivity contribution in [2.24, 2.45) is 5.92 Å². The molecule has 1 aromatic heterocycles. The Bertz CT molecular complexity index is 282. The zero-order valence-corrected chi connectivity index (χ0v) is 11.5. The molecule has 4 nitrogen and oxygen atoms in total. The van der Waals surface area contributed by atoms with Crippen LogP contribution in [0.15, 0.2) is 30.6 Å². The number of hydrogen-bond donors (Lipinski definition) is 0. The quantitative estimate of drug-likeness (QED) is 0.788. The van der Waals surface area contributed by atoms with E-state index in [4.69, 9.17) is 9.47 Å². The smallest absolute Gasteiger partial charge is 0.157 e. The Balaban J connectivity index is 0.000000147. The van der Waals surface area contributed by atoms with Crippen molar-refractivity contribution in [3.05, 3.63) is 30.6 Å². The van der Waals surface area contributed by atoms with E-state index in [0.29, 0.717) is 5.92 Å². The van der Waals surface area contributed by atoms with Crippen LogP contribution in [0.25, 0.3) is 0 Å². The Kier molecular flexibility index (Phi) is 8.85. The van der Waals surface area contributed by atoms with Crippen LogP contribution in [-0.2, 0) is 14.3 Å². The van der Waals surface area contributed by atoms with Crippen molar-refractivity contribution in [2.45, 2.75) is 38.9 Å². The normalized spacial score (nSPS) is 17.7. The first-order valence-electron chi connectivity index (χ1n) is 6.90. The Morgan fingerprint density at radius 1 is 1.16 bits per heavy atom. The fourth-order valence-electron chi connectivity index (χ4n) is 1.35. The van der Waals surface area contributed by atoms with Crippen LogP contribution in [0.5, 0.6) is 0 Å². The standard InChI is InChI=1S/C6H12O2.C5H5N.C4H6O/c1-2-3-6-7-4-5-8-6;1-2-4-6-5-3-1;5-3-4-1-2-4/h6H,2-5H2,1H3;1-5H;3-4H,1-2H2. The number of rotatable bonds is 3. The van der Waals surface area contributed by atoms with Crippen molar-refractivity contribution in [3.8, 4) is 0 Å². The van der Waals surface area contributed by atoms with E-state index < -0.39 is 0 Å². The monoisotopic (exact) mass is 265 g/mol. The first-order valence-corrected chi connectivity index (χ1v) is 6.90. The van der Waals surface area contributed by atoms with Crippen LogP contribution in [-0.4, -0.2) is 30.8 Å². The Labute approximate surface area is 115 Å². The predicted octanol–water partition coefficient (Wildman–Crippen LogP) is 2.84. The third-order valence-corrected chi connectivity index (χ3v) is 2.60. The first-order chi connectivity index (χ1) is 9.36. The molecule has 0 unspecified atom stereocenters. The second kappa shape index (κ2) is 10.6. The topological polar surface area (TPSA) is 48.4 Å². The van der Waals surface area contributed by atoms with E-state index in [1.54, 1.807) is 12.4 Å². The van der Waals surface area contributed by atoms with Crippen molar-refractivity contribution in [1.29, 1.82) is 0 Å². The summed E-state index contributed by atoms with van der Waals surface area (Å²) in [5.74, 6) is 0.454. The molecule has 3 rings (SSSR count). The maximum absolute atomic E-state index is 9.57. The summed E-state index contributed by atoms with van der Waals surface area (Å²) in [6.45, 7) is 3.69. The fourth-order valence-corrected chi connectivity index (χ4v) is 1.35. The summed E-state index contributed by atoms with van der Waals surface area (Å²) in [5, 5.41) is 0. The molecule has 1 saturated carbocycles. The molecule has 1 aliphatic carbocycles. The van der Waals surface area contributed by atoms with E-state index >= 15 is 0 Å². The molecule has 0 atom stereocenters. The van der Waals surface area contributed by atoms with Gasteiger partial charge in [-0.25, -0.2) is 0 Å². The first kappa shape index (κ1) is 15.8. The molecular formula is C15H23NO3. The summed E-state index contributed by atoms with van der Waals surface area (Å²) in [6.07, 6.45) is 9.11. The van der Waals surface area contributed by atoms with Crippen LogP contribution in [0.2, 0.25) is 0 Å². The molecule has 0 radical (unpaired) electrons. The van der Waals surface area contributed by atoms with Gasteiger partial charge in [-0.1, -0.05) is 19.4 Å². The van der Waals surface area contributed by atoms with E-state index in [9.17, 15) is 4.79 Å². The van der Waals surface area contributed by atoms with Crippen LogP contribution in [0.3, 0.4) is 0 Å².